The summed E-state index contributed by atoms with van der Waals surface area (Å²) in [6.07, 6.45) is 1.92. The Hall–Kier alpha value is -2.29. The molecule has 0 saturated carbocycles. The van der Waals surface area contributed by atoms with Gasteiger partial charge in [0.15, 0.2) is 6.29 Å². The van der Waals surface area contributed by atoms with Gasteiger partial charge in [-0.3, -0.25) is 9.69 Å². The third-order valence-electron chi connectivity index (χ3n) is 6.47. The maximum atomic E-state index is 11.6. The monoisotopic (exact) mass is 481 g/mol. The predicted octanol–water partition coefficient (Wildman–Crippen LogP) is 4.36. The van der Waals surface area contributed by atoms with Crippen LogP contribution < -0.4 is 5.32 Å². The lowest BCUT2D eigenvalue weighted by Gasteiger charge is -2.36. The second-order valence-corrected chi connectivity index (χ2v) is 11.4. The van der Waals surface area contributed by atoms with E-state index in [0.717, 1.165) is 44.2 Å². The topological polar surface area (TPSA) is 51.2 Å². The third kappa shape index (κ3) is 4.69. The minimum Gasteiger partial charge on any atom is -0.347 e. The minimum atomic E-state index is -0.125. The summed E-state index contributed by atoms with van der Waals surface area (Å²) in [5, 5.41) is 3.61. The van der Waals surface area contributed by atoms with E-state index in [9.17, 15) is 4.79 Å². The van der Waals surface area contributed by atoms with E-state index in [-0.39, 0.29) is 12.2 Å². The van der Waals surface area contributed by atoms with Crippen molar-refractivity contribution < 1.29 is 4.79 Å². The number of piperazine rings is 1. The van der Waals surface area contributed by atoms with Gasteiger partial charge in [-0.15, -0.1) is 23.1 Å². The van der Waals surface area contributed by atoms with E-state index in [1.165, 1.54) is 37.0 Å². The average Bonchev–Trinajstić information content (AvgIpc) is 3.17. The van der Waals surface area contributed by atoms with Crippen molar-refractivity contribution in [3.63, 3.8) is 0 Å². The van der Waals surface area contributed by atoms with E-state index in [0.29, 0.717) is 0 Å². The van der Waals surface area contributed by atoms with Crippen LogP contribution in [0.1, 0.15) is 33.4 Å². The van der Waals surface area contributed by atoms with Gasteiger partial charge in [-0.05, 0) is 43.2 Å². The number of benzene rings is 1. The fourth-order valence-electron chi connectivity index (χ4n) is 4.82. The van der Waals surface area contributed by atoms with Crippen LogP contribution >= 0.6 is 23.1 Å². The molecule has 33 heavy (non-hydrogen) atoms. The molecule has 1 saturated heterocycles. The van der Waals surface area contributed by atoms with Crippen LogP contribution in [0.2, 0.25) is 0 Å². The Morgan fingerprint density at radius 2 is 1.85 bits per heavy atom. The molecule has 0 spiro atoms. The smallest absolute Gasteiger partial charge is 0.219 e. The number of aliphatic imine (C=N–C) groups is 1. The van der Waals surface area contributed by atoms with E-state index in [1.807, 2.05) is 34.2 Å². The molecule has 1 atom stereocenters. The average molecular weight is 482 g/mol. The van der Waals surface area contributed by atoms with E-state index < -0.39 is 0 Å². The third-order valence-corrected chi connectivity index (χ3v) is 8.82. The molecule has 0 aliphatic carbocycles. The Balaban J connectivity index is 1.32. The molecular formula is C25H31N5OS2. The molecule has 1 fully saturated rings. The second kappa shape index (κ2) is 9.16. The summed E-state index contributed by atoms with van der Waals surface area (Å²) < 4.78 is 0. The summed E-state index contributed by atoms with van der Waals surface area (Å²) in [6.45, 7) is 10.4. The van der Waals surface area contributed by atoms with Crippen molar-refractivity contribution in [3.05, 3.63) is 55.6 Å². The van der Waals surface area contributed by atoms with E-state index >= 15 is 0 Å². The highest BCUT2D eigenvalue weighted by Crippen LogP contribution is 2.44. The van der Waals surface area contributed by atoms with E-state index in [2.05, 4.69) is 60.3 Å². The number of thioether (sulfide) groups is 1. The number of carbonyl (C=O) groups is 1. The first kappa shape index (κ1) is 22.5. The number of anilines is 1. The number of rotatable bonds is 4. The number of carbonyl (C=O) groups excluding carboxylic acids is 1. The molecular weight excluding hydrogens is 450 g/mol. The molecule has 1 amide bonds. The summed E-state index contributed by atoms with van der Waals surface area (Å²) in [5.74, 6) is 1.19. The van der Waals surface area contributed by atoms with E-state index in [4.69, 9.17) is 4.99 Å². The van der Waals surface area contributed by atoms with Gasteiger partial charge < -0.3 is 15.1 Å². The molecule has 6 nitrogen and oxygen atoms in total. The van der Waals surface area contributed by atoms with Crippen LogP contribution in [-0.4, -0.2) is 66.3 Å². The number of nitrogens with zero attached hydrogens (tertiary/aromatic N) is 4. The van der Waals surface area contributed by atoms with Crippen molar-refractivity contribution in [2.24, 2.45) is 4.99 Å². The molecule has 8 heteroatoms. The van der Waals surface area contributed by atoms with Gasteiger partial charge in [0.25, 0.3) is 0 Å². The van der Waals surface area contributed by atoms with Crippen LogP contribution in [0.15, 0.2) is 34.2 Å². The summed E-state index contributed by atoms with van der Waals surface area (Å²) in [7, 11) is 2.14. The number of allylic oxidation sites excluding steroid dienone is 1. The molecule has 3 aliphatic rings. The highest BCUT2D eigenvalue weighted by Gasteiger charge is 2.31. The molecule has 0 radical (unpaired) electrons. The number of amides is 1. The molecule has 5 rings (SSSR count). The molecule has 1 N–H and O–H groups in total. The van der Waals surface area contributed by atoms with Crippen LogP contribution in [-0.2, 0) is 17.1 Å². The Kier molecular flexibility index (Phi) is 6.24. The highest BCUT2D eigenvalue weighted by molar-refractivity contribution is 8.03. The molecule has 1 aromatic heterocycles. The number of nitrogens with one attached hydrogen (secondary N) is 1. The Morgan fingerprint density at radius 1 is 1.12 bits per heavy atom. The summed E-state index contributed by atoms with van der Waals surface area (Å²) in [4.78, 5) is 27.2. The normalized spacial score (nSPS) is 20.7. The number of fused-ring (bicyclic) bond motifs is 2. The molecule has 3 aliphatic heterocycles. The minimum absolute atomic E-state index is 0.125. The van der Waals surface area contributed by atoms with Crippen molar-refractivity contribution in [3.8, 4) is 0 Å². The zero-order chi connectivity index (χ0) is 23.1. The van der Waals surface area contributed by atoms with Gasteiger partial charge in [0.1, 0.15) is 0 Å². The first-order chi connectivity index (χ1) is 15.9. The zero-order valence-electron chi connectivity index (χ0n) is 19.7. The van der Waals surface area contributed by atoms with Crippen molar-refractivity contribution >= 4 is 46.6 Å². The number of hydrogen-bond donors (Lipinski definition) is 1. The Morgan fingerprint density at radius 3 is 2.55 bits per heavy atom. The van der Waals surface area contributed by atoms with Crippen LogP contribution in [0.5, 0.6) is 0 Å². The number of aryl methyl sites for hydroxylation is 2. The standard InChI is InChI=1S/C25H31N5OS2/c1-16-9-17(2)11-19(10-16)27-25-26-13-22-24(28(25)4)21-12-20(33-23(21)15-32-22)14-29-5-7-30(8-6-29)18(3)31/h9-13,25,27H,5-8,14-15H2,1-4H3. The molecule has 174 valence electrons. The summed E-state index contributed by atoms with van der Waals surface area (Å²) in [6, 6.07) is 8.93. The summed E-state index contributed by atoms with van der Waals surface area (Å²) in [5.41, 5.74) is 6.24. The maximum absolute atomic E-state index is 11.6. The highest BCUT2D eigenvalue weighted by atomic mass is 32.2. The lowest BCUT2D eigenvalue weighted by atomic mass is 10.1. The van der Waals surface area contributed by atoms with Crippen LogP contribution in [0, 0.1) is 13.8 Å². The number of thiophene rings is 1. The first-order valence-electron chi connectivity index (χ1n) is 11.4. The van der Waals surface area contributed by atoms with Gasteiger partial charge in [-0.25, -0.2) is 4.99 Å². The molecule has 2 aromatic rings. The quantitative estimate of drug-likeness (QED) is 0.703. The van der Waals surface area contributed by atoms with Gasteiger partial charge in [0.2, 0.25) is 5.91 Å². The first-order valence-corrected chi connectivity index (χ1v) is 13.3. The van der Waals surface area contributed by atoms with Crippen LogP contribution in [0.25, 0.3) is 5.70 Å². The Bertz CT molecular complexity index is 1110. The Labute approximate surface area is 204 Å². The van der Waals surface area contributed by atoms with Gasteiger partial charge in [0.05, 0.1) is 5.70 Å². The van der Waals surface area contributed by atoms with Crippen molar-refractivity contribution in [2.75, 3.05) is 38.5 Å². The van der Waals surface area contributed by atoms with Crippen molar-refractivity contribution in [1.29, 1.82) is 0 Å². The lowest BCUT2D eigenvalue weighted by molar-refractivity contribution is -0.130. The molecule has 4 heterocycles. The van der Waals surface area contributed by atoms with Crippen molar-refractivity contribution in [1.82, 2.24) is 14.7 Å². The van der Waals surface area contributed by atoms with Gasteiger partial charge in [-0.1, -0.05) is 6.07 Å². The second-order valence-electron chi connectivity index (χ2n) is 9.12. The lowest BCUT2D eigenvalue weighted by Crippen LogP contribution is -2.47. The molecule has 0 bridgehead atoms. The van der Waals surface area contributed by atoms with E-state index in [1.54, 1.807) is 6.92 Å². The predicted molar refractivity (Wildman–Crippen MR) is 140 cm³/mol. The van der Waals surface area contributed by atoms with Gasteiger partial charge in [-0.2, -0.15) is 0 Å². The number of hydrogen-bond acceptors (Lipinski definition) is 7. The zero-order valence-corrected chi connectivity index (χ0v) is 21.4. The van der Waals surface area contributed by atoms with Gasteiger partial charge >= 0.3 is 0 Å². The van der Waals surface area contributed by atoms with Gasteiger partial charge in [0, 0.05) is 84.6 Å². The fourth-order valence-corrected chi connectivity index (χ4v) is 7.21. The SMILES string of the molecule is CC(=O)N1CCN(Cc2cc3c(s2)CSC2=C3N(C)C(Nc3cc(C)cc(C)c3)N=C2)CC1. The molecule has 1 aromatic carbocycles. The fraction of sp³-hybridized carbons (Fsp3) is 0.440. The van der Waals surface area contributed by atoms with Crippen molar-refractivity contribution in [2.45, 2.75) is 39.4 Å². The largest absolute Gasteiger partial charge is 0.347 e. The van der Waals surface area contributed by atoms with Crippen LogP contribution in [0.4, 0.5) is 5.69 Å². The maximum Gasteiger partial charge on any atom is 0.219 e. The summed E-state index contributed by atoms with van der Waals surface area (Å²) >= 11 is 3.82. The molecule has 1 unspecified atom stereocenters. The van der Waals surface area contributed by atoms with Crippen LogP contribution in [0.3, 0.4) is 0 Å².